The van der Waals surface area contributed by atoms with Gasteiger partial charge in [-0.05, 0) is 111 Å². The van der Waals surface area contributed by atoms with Gasteiger partial charge in [0.05, 0.1) is 61.7 Å². The van der Waals surface area contributed by atoms with Crippen LogP contribution in [-0.4, -0.2) is 148 Å². The van der Waals surface area contributed by atoms with Gasteiger partial charge in [0, 0.05) is 22.3 Å². The fourth-order valence-corrected chi connectivity index (χ4v) is 15.3. The number of Topliss-reactive ketones (excluding diaryl/α,β-unsaturated/α-hetero) is 1. The van der Waals surface area contributed by atoms with Crippen LogP contribution >= 0.6 is 58.0 Å². The molecule has 0 aliphatic heterocycles. The number of H-pyrrole nitrogens is 4. The summed E-state index contributed by atoms with van der Waals surface area (Å²) >= 11 is 30.3. The third-order valence-corrected chi connectivity index (χ3v) is 22.6. The molecule has 6 N–H and O–H groups in total. The normalized spacial score (nSPS) is 15.9. The van der Waals surface area contributed by atoms with Crippen molar-refractivity contribution in [2.24, 2.45) is 0 Å². The fraction of sp³-hybridized carbons (Fsp3) is 0.407. The molecule has 0 atom stereocenters. The minimum atomic E-state index is -1.25. The number of aromatic nitrogens is 16. The van der Waals surface area contributed by atoms with Crippen molar-refractivity contribution in [2.75, 3.05) is 13.2 Å². The summed E-state index contributed by atoms with van der Waals surface area (Å²) in [5, 5.41) is 30.9. The van der Waals surface area contributed by atoms with Crippen molar-refractivity contribution in [3.63, 3.8) is 0 Å². The van der Waals surface area contributed by atoms with Crippen molar-refractivity contribution in [3.05, 3.63) is 206 Å². The molecule has 4 fully saturated rings. The molecule has 0 amide bonds. The first-order chi connectivity index (χ1) is 56.4. The van der Waals surface area contributed by atoms with Crippen LogP contribution in [0, 0.1) is 0 Å². The molecule has 0 spiro atoms. The molecule has 36 heteroatoms. The average molecular weight is 1700 g/mol. The zero-order chi connectivity index (χ0) is 83.0. The maximum absolute atomic E-state index is 12.7. The molecule has 12 aromatic rings. The summed E-state index contributed by atoms with van der Waals surface area (Å²) in [5.74, 6) is 1.14. The SMILES string of the molecule is CC(=O)C1(OCc2nc3nc(-c4ccccc4)[nH]n3c(=O)c2Cl)CCCCC1.CCOC(=O)C1(O)CCCCC1.CCOC(=O)C1(OCc2nc3nc(-c4ccccc4)[nH]n3c(=O)c2Cl)CCCCC1.O=C(O)C1(OCc2nc3nc(-c4ccccc4)[nH]n3c(=O)c2Cl)CCCCC1.O=c1c(Cl)c(CCl)nc2nc(-c3ccccc3)[nH]n12. The number of halogens is 5. The first-order valence-corrected chi connectivity index (χ1v) is 40.7. The van der Waals surface area contributed by atoms with E-state index in [1.54, 1.807) is 20.8 Å². The molecular formula is C81H87Cl5N16O15. The Hall–Kier alpha value is -10.4. The minimum absolute atomic E-state index is 0.00230. The van der Waals surface area contributed by atoms with E-state index in [0.29, 0.717) is 92.7 Å². The summed E-state index contributed by atoms with van der Waals surface area (Å²) < 4.78 is 32.7. The quantitative estimate of drug-likeness (QED) is 0.0305. The Bertz CT molecular complexity index is 5560. The monoisotopic (exact) mass is 1700 g/mol. The molecule has 4 aliphatic carbocycles. The Balaban J connectivity index is 0.000000138. The van der Waals surface area contributed by atoms with Crippen molar-refractivity contribution >= 4 is 105 Å². The summed E-state index contributed by atoms with van der Waals surface area (Å²) in [5.41, 5.74) is -1.71. The summed E-state index contributed by atoms with van der Waals surface area (Å²) in [6, 6.07) is 37.6. The van der Waals surface area contributed by atoms with Crippen LogP contribution in [-0.2, 0) is 68.6 Å². The highest BCUT2D eigenvalue weighted by atomic mass is 35.5. The third-order valence-electron chi connectivity index (χ3n) is 20.8. The van der Waals surface area contributed by atoms with Gasteiger partial charge in [-0.2, -0.15) is 38.0 Å². The van der Waals surface area contributed by atoms with E-state index in [2.05, 4.69) is 60.3 Å². The molecule has 8 heterocycles. The molecular weight excluding hydrogens is 1610 g/mol. The van der Waals surface area contributed by atoms with Crippen LogP contribution in [0.4, 0.5) is 0 Å². The number of aliphatic hydroxyl groups is 1. The molecule has 0 bridgehead atoms. The van der Waals surface area contributed by atoms with Gasteiger partial charge < -0.3 is 33.9 Å². The number of carboxylic acid groups (broad SMARTS) is 1. The van der Waals surface area contributed by atoms with Crippen LogP contribution in [0.3, 0.4) is 0 Å². The molecule has 0 unspecified atom stereocenters. The van der Waals surface area contributed by atoms with Gasteiger partial charge in [0.2, 0.25) is 0 Å². The van der Waals surface area contributed by atoms with Crippen LogP contribution in [0.25, 0.3) is 68.7 Å². The molecule has 16 rings (SSSR count). The Morgan fingerprint density at radius 3 is 0.949 bits per heavy atom. The van der Waals surface area contributed by atoms with Crippen LogP contribution < -0.4 is 22.2 Å². The number of carbonyl (C=O) groups excluding carboxylic acids is 3. The maximum atomic E-state index is 12.7. The first-order valence-electron chi connectivity index (χ1n) is 38.6. The van der Waals surface area contributed by atoms with E-state index < -0.39 is 56.6 Å². The van der Waals surface area contributed by atoms with E-state index in [4.69, 9.17) is 81.7 Å². The number of ether oxygens (including phenoxy) is 5. The molecule has 8 aromatic heterocycles. The number of fused-ring (bicyclic) bond motifs is 4. The van der Waals surface area contributed by atoms with E-state index in [9.17, 15) is 48.6 Å². The van der Waals surface area contributed by atoms with E-state index in [1.165, 1.54) is 18.1 Å². The van der Waals surface area contributed by atoms with Crippen molar-refractivity contribution in [1.29, 1.82) is 0 Å². The Morgan fingerprint density at radius 2 is 0.650 bits per heavy atom. The van der Waals surface area contributed by atoms with Gasteiger partial charge in [-0.25, -0.2) is 34.3 Å². The topological polar surface area (TPSA) is 407 Å². The standard InChI is InChI=1S/C21H23ClN4O4.C20H21ClN4O3.C19H19ClN4O4.C12H8Cl2N4O.C9H16O3/c1-2-29-19(28)21(11-7-4-8-12-21)30-13-15-16(22)18(27)26-20(23-15)24-17(25-26)14-9-5-3-6-10-14;1-13(26)20(10-6-3-7-11-20)28-12-15-16(21)18(27)25-19(22-15)23-17(24-25)14-8-4-2-5-9-14;20-14-13(11-28-19(17(26)27)9-5-2-6-10-19)21-18-22-15(23-24(18)16(14)25)12-7-3-1-4-8-12;13-6-8-9(14)11(19)18-12(15-8)16-10(17-18)7-4-2-1-3-5-7;1-2-12-8(10)9(11)6-4-3-5-7-9/h3,5-6,9-10H,2,4,7-8,11-13H2,1H3,(H,23,24,25);2,4-5,8-9H,3,6-7,10-12H2,1H3,(H,22,23,24);1,3-4,7-8H,2,5-6,9-11H2,(H,26,27)(H,21,22,23);1-5H,6H2,(H,15,16,17);11H,2-7H2,1H3. The molecule has 616 valence electrons. The highest BCUT2D eigenvalue weighted by Gasteiger charge is 2.44. The lowest BCUT2D eigenvalue weighted by Crippen LogP contribution is -2.44. The summed E-state index contributed by atoms with van der Waals surface area (Å²) in [6.07, 6.45) is 15.8. The number of esters is 2. The lowest BCUT2D eigenvalue weighted by Gasteiger charge is -2.34. The van der Waals surface area contributed by atoms with Gasteiger partial charge in [0.15, 0.2) is 45.9 Å². The van der Waals surface area contributed by atoms with E-state index >= 15 is 0 Å². The van der Waals surface area contributed by atoms with Crippen LogP contribution in [0.15, 0.2) is 141 Å². The zero-order valence-corrected chi connectivity index (χ0v) is 68.2. The Morgan fingerprint density at radius 1 is 0.385 bits per heavy atom. The second kappa shape index (κ2) is 38.8. The number of carbonyl (C=O) groups is 4. The number of ketones is 1. The predicted octanol–water partition coefficient (Wildman–Crippen LogP) is 13.8. The van der Waals surface area contributed by atoms with Crippen LogP contribution in [0.5, 0.6) is 0 Å². The first kappa shape index (κ1) is 86.0. The van der Waals surface area contributed by atoms with Gasteiger partial charge in [0.1, 0.15) is 25.7 Å². The Labute approximate surface area is 693 Å². The van der Waals surface area contributed by atoms with Crippen molar-refractivity contribution in [3.8, 4) is 45.6 Å². The number of nitrogens with zero attached hydrogens (tertiary/aromatic N) is 12. The van der Waals surface area contributed by atoms with Gasteiger partial charge in [-0.3, -0.25) is 44.4 Å². The van der Waals surface area contributed by atoms with Crippen molar-refractivity contribution < 1.29 is 53.1 Å². The number of carboxylic acids is 1. The van der Waals surface area contributed by atoms with E-state index in [1.807, 2.05) is 121 Å². The number of alkyl halides is 1. The van der Waals surface area contributed by atoms with Crippen LogP contribution in [0.1, 0.15) is 172 Å². The number of hydrogen-bond acceptors (Lipinski definition) is 22. The molecule has 4 saturated carbocycles. The van der Waals surface area contributed by atoms with Crippen molar-refractivity contribution in [2.45, 2.75) is 197 Å². The Kier molecular flexibility index (Phi) is 28.5. The number of benzene rings is 4. The molecule has 117 heavy (non-hydrogen) atoms. The molecule has 0 saturated heterocycles. The van der Waals surface area contributed by atoms with Crippen LogP contribution in [0.2, 0.25) is 20.1 Å². The van der Waals surface area contributed by atoms with E-state index in [0.717, 1.165) is 99.3 Å². The number of rotatable bonds is 20. The number of aromatic amines is 4. The van der Waals surface area contributed by atoms with Gasteiger partial charge in [-0.1, -0.05) is 206 Å². The molecule has 31 nitrogen and oxygen atoms in total. The smallest absolute Gasteiger partial charge is 0.338 e. The molecule has 0 radical (unpaired) electrons. The zero-order valence-electron chi connectivity index (χ0n) is 64.4. The second-order valence-corrected chi connectivity index (χ2v) is 30.3. The third kappa shape index (κ3) is 19.8. The fourth-order valence-electron chi connectivity index (χ4n) is 14.3. The summed E-state index contributed by atoms with van der Waals surface area (Å²) in [7, 11) is 0. The summed E-state index contributed by atoms with van der Waals surface area (Å²) in [6.45, 7) is 5.47. The number of hydrogen-bond donors (Lipinski definition) is 6. The van der Waals surface area contributed by atoms with Gasteiger partial charge in [-0.15, -0.1) is 11.6 Å². The highest BCUT2D eigenvalue weighted by Crippen LogP contribution is 2.38. The molecule has 4 aliphatic rings. The second-order valence-electron chi connectivity index (χ2n) is 28.6. The summed E-state index contributed by atoms with van der Waals surface area (Å²) in [4.78, 5) is 133. The lowest BCUT2D eigenvalue weighted by molar-refractivity contribution is -0.179. The minimum Gasteiger partial charge on any atom is -0.479 e. The maximum Gasteiger partial charge on any atom is 0.338 e. The van der Waals surface area contributed by atoms with Crippen molar-refractivity contribution in [1.82, 2.24) is 78.3 Å². The molecule has 4 aromatic carbocycles. The lowest BCUT2D eigenvalue weighted by atomic mass is 9.82. The number of nitrogens with one attached hydrogen (secondary N) is 4. The average Bonchev–Trinajstić information content (AvgIpc) is 1.65. The predicted molar refractivity (Wildman–Crippen MR) is 437 cm³/mol. The highest BCUT2D eigenvalue weighted by molar-refractivity contribution is 6.32. The van der Waals surface area contributed by atoms with Gasteiger partial charge >= 0.3 is 17.9 Å². The number of aliphatic carboxylic acids is 1. The largest absolute Gasteiger partial charge is 0.479 e. The van der Waals surface area contributed by atoms with E-state index in [-0.39, 0.29) is 98.6 Å². The van der Waals surface area contributed by atoms with Gasteiger partial charge in [0.25, 0.3) is 45.3 Å².